The summed E-state index contributed by atoms with van der Waals surface area (Å²) in [5.41, 5.74) is 0. The number of carbonyl (C=O) groups is 2. The monoisotopic (exact) mass is 284 g/mol. The van der Waals surface area contributed by atoms with Crippen molar-refractivity contribution >= 4 is 23.3 Å². The molecule has 1 rings (SSSR count). The van der Waals surface area contributed by atoms with E-state index in [1.54, 1.807) is 0 Å². The third kappa shape index (κ3) is 5.74. The van der Waals surface area contributed by atoms with Crippen LogP contribution in [0.4, 0.5) is 4.79 Å². The van der Waals surface area contributed by atoms with Crippen LogP contribution in [0.3, 0.4) is 0 Å². The second-order valence-electron chi connectivity index (χ2n) is 4.60. The minimum absolute atomic E-state index is 0.131. The number of nitrogens with one attached hydrogen (secondary N) is 2. The predicted molar refractivity (Wildman–Crippen MR) is 75.1 cm³/mol. The highest BCUT2D eigenvalue weighted by Crippen LogP contribution is 2.22. The summed E-state index contributed by atoms with van der Waals surface area (Å²) in [5.74, 6) is 0.0362. The van der Waals surface area contributed by atoms with E-state index in [-0.39, 0.29) is 24.5 Å². The van der Waals surface area contributed by atoms with E-state index in [0.717, 1.165) is 4.88 Å². The normalized spacial score (nSPS) is 12.0. The molecule has 0 aliphatic carbocycles. The van der Waals surface area contributed by atoms with Crippen LogP contribution in [0.1, 0.15) is 31.2 Å². The number of rotatable bonds is 6. The quantitative estimate of drug-likeness (QED) is 0.788. The van der Waals surface area contributed by atoms with Crippen LogP contribution in [-0.2, 0) is 9.53 Å². The lowest BCUT2D eigenvalue weighted by Crippen LogP contribution is -2.40. The van der Waals surface area contributed by atoms with Crippen molar-refractivity contribution in [2.24, 2.45) is 5.92 Å². The molecule has 2 N–H and O–H groups in total. The minimum atomic E-state index is -0.348. The molecule has 2 amide bonds. The molecule has 1 heterocycles. The second-order valence-corrected chi connectivity index (χ2v) is 5.58. The van der Waals surface area contributed by atoms with Crippen LogP contribution in [0.25, 0.3) is 0 Å². The molecule has 0 unspecified atom stereocenters. The molecule has 19 heavy (non-hydrogen) atoms. The summed E-state index contributed by atoms with van der Waals surface area (Å²) < 4.78 is 4.65. The zero-order valence-electron chi connectivity index (χ0n) is 11.4. The molecule has 0 spiro atoms. The van der Waals surface area contributed by atoms with Crippen LogP contribution < -0.4 is 10.6 Å². The highest BCUT2D eigenvalue weighted by atomic mass is 32.1. The lowest BCUT2D eigenvalue weighted by Gasteiger charge is -2.17. The number of amides is 2. The highest BCUT2D eigenvalue weighted by Gasteiger charge is 2.19. The predicted octanol–water partition coefficient (Wildman–Crippen LogP) is 2.31. The molecule has 106 valence electrons. The van der Waals surface area contributed by atoms with E-state index in [1.165, 1.54) is 18.4 Å². The molecule has 0 aromatic carbocycles. The summed E-state index contributed by atoms with van der Waals surface area (Å²) in [6, 6.07) is 3.16. The Bertz CT molecular complexity index is 404. The number of ether oxygens (including phenoxy) is 1. The van der Waals surface area contributed by atoms with E-state index in [1.807, 2.05) is 31.4 Å². The van der Waals surface area contributed by atoms with Crippen molar-refractivity contribution in [1.29, 1.82) is 0 Å². The van der Waals surface area contributed by atoms with E-state index < -0.39 is 0 Å². The first-order chi connectivity index (χ1) is 9.02. The van der Waals surface area contributed by atoms with E-state index in [2.05, 4.69) is 15.4 Å². The van der Waals surface area contributed by atoms with Gasteiger partial charge in [-0.1, -0.05) is 19.9 Å². The van der Waals surface area contributed by atoms with Crippen LogP contribution in [0.2, 0.25) is 0 Å². The summed E-state index contributed by atoms with van der Waals surface area (Å²) in [6.45, 7) is 4.64. The Kier molecular flexibility index (Phi) is 6.35. The van der Waals surface area contributed by atoms with Gasteiger partial charge in [-0.25, -0.2) is 4.79 Å². The summed E-state index contributed by atoms with van der Waals surface area (Å²) >= 11 is 1.50. The molecule has 0 saturated carbocycles. The van der Waals surface area contributed by atoms with Gasteiger partial charge in [-0.2, -0.15) is 0 Å². The zero-order chi connectivity index (χ0) is 14.3. The lowest BCUT2D eigenvalue weighted by atomic mass is 10.1. The molecule has 0 saturated heterocycles. The number of esters is 1. The topological polar surface area (TPSA) is 67.4 Å². The van der Waals surface area contributed by atoms with Gasteiger partial charge in [0.15, 0.2) is 0 Å². The Hall–Kier alpha value is -1.56. The Morgan fingerprint density at radius 3 is 2.68 bits per heavy atom. The molecular formula is C13H20N2O3S. The van der Waals surface area contributed by atoms with Gasteiger partial charge in [-0.3, -0.25) is 4.79 Å². The Labute approximate surface area is 117 Å². The van der Waals surface area contributed by atoms with Gasteiger partial charge in [-0.05, 0) is 17.4 Å². The van der Waals surface area contributed by atoms with Crippen LogP contribution in [0.5, 0.6) is 0 Å². The molecule has 6 heteroatoms. The number of thiophene rings is 1. The number of hydrogen-bond donors (Lipinski definition) is 2. The number of carbonyl (C=O) groups excluding carboxylic acids is 2. The maximum absolute atomic E-state index is 11.8. The Morgan fingerprint density at radius 1 is 1.42 bits per heavy atom. The Morgan fingerprint density at radius 2 is 2.16 bits per heavy atom. The smallest absolute Gasteiger partial charge is 0.315 e. The number of hydrogen-bond acceptors (Lipinski definition) is 4. The van der Waals surface area contributed by atoms with Crippen molar-refractivity contribution in [2.75, 3.05) is 13.7 Å². The van der Waals surface area contributed by atoms with Crippen LogP contribution >= 0.6 is 11.3 Å². The molecule has 5 nitrogen and oxygen atoms in total. The molecule has 0 radical (unpaired) electrons. The van der Waals surface area contributed by atoms with E-state index in [4.69, 9.17) is 0 Å². The van der Waals surface area contributed by atoms with Crippen LogP contribution in [0.15, 0.2) is 17.5 Å². The van der Waals surface area contributed by atoms with Gasteiger partial charge in [0.1, 0.15) is 0 Å². The van der Waals surface area contributed by atoms with Crippen molar-refractivity contribution in [1.82, 2.24) is 10.6 Å². The average molecular weight is 284 g/mol. The summed E-state index contributed by atoms with van der Waals surface area (Å²) in [4.78, 5) is 24.1. The summed E-state index contributed by atoms with van der Waals surface area (Å²) in [6.07, 6.45) is 0.131. The first-order valence-electron chi connectivity index (χ1n) is 6.17. The SMILES string of the molecule is COC(=O)C[C@@H](NC(=O)NCC(C)C)c1cccs1. The average Bonchev–Trinajstić information content (AvgIpc) is 2.89. The van der Waals surface area contributed by atoms with Gasteiger partial charge in [0.25, 0.3) is 0 Å². The van der Waals surface area contributed by atoms with Crippen LogP contribution in [0, 0.1) is 5.92 Å². The van der Waals surface area contributed by atoms with Crippen LogP contribution in [-0.4, -0.2) is 25.7 Å². The van der Waals surface area contributed by atoms with Crippen molar-refractivity contribution in [3.8, 4) is 0 Å². The lowest BCUT2D eigenvalue weighted by molar-refractivity contribution is -0.141. The fraction of sp³-hybridized carbons (Fsp3) is 0.538. The third-order valence-electron chi connectivity index (χ3n) is 2.46. The van der Waals surface area contributed by atoms with Crippen molar-refractivity contribution in [3.63, 3.8) is 0 Å². The van der Waals surface area contributed by atoms with Gasteiger partial charge >= 0.3 is 12.0 Å². The molecule has 1 atom stereocenters. The number of urea groups is 1. The fourth-order valence-electron chi connectivity index (χ4n) is 1.47. The number of methoxy groups -OCH3 is 1. The largest absolute Gasteiger partial charge is 0.469 e. The van der Waals surface area contributed by atoms with Crippen molar-refractivity contribution in [3.05, 3.63) is 22.4 Å². The molecule has 0 aliphatic heterocycles. The summed E-state index contributed by atoms with van der Waals surface area (Å²) in [5, 5.41) is 7.48. The summed E-state index contributed by atoms with van der Waals surface area (Å²) in [7, 11) is 1.34. The first kappa shape index (κ1) is 15.5. The maximum Gasteiger partial charge on any atom is 0.315 e. The molecule has 0 aliphatic rings. The highest BCUT2D eigenvalue weighted by molar-refractivity contribution is 7.10. The Balaban J connectivity index is 2.59. The van der Waals surface area contributed by atoms with Gasteiger partial charge < -0.3 is 15.4 Å². The van der Waals surface area contributed by atoms with Gasteiger partial charge in [0, 0.05) is 11.4 Å². The first-order valence-corrected chi connectivity index (χ1v) is 7.05. The van der Waals surface area contributed by atoms with Gasteiger partial charge in [0.2, 0.25) is 0 Å². The third-order valence-corrected chi connectivity index (χ3v) is 3.45. The minimum Gasteiger partial charge on any atom is -0.469 e. The second kappa shape index (κ2) is 7.78. The zero-order valence-corrected chi connectivity index (χ0v) is 12.3. The van der Waals surface area contributed by atoms with E-state index in [9.17, 15) is 9.59 Å². The van der Waals surface area contributed by atoms with Crippen molar-refractivity contribution in [2.45, 2.75) is 26.3 Å². The molecule has 0 bridgehead atoms. The standard InChI is InChI=1S/C13H20N2O3S/c1-9(2)8-14-13(17)15-10(7-12(16)18-3)11-5-4-6-19-11/h4-6,9-10H,7-8H2,1-3H3,(H2,14,15,17)/t10-/m1/s1. The molecular weight excluding hydrogens is 264 g/mol. The van der Waals surface area contributed by atoms with E-state index >= 15 is 0 Å². The maximum atomic E-state index is 11.8. The molecule has 1 aromatic rings. The van der Waals surface area contributed by atoms with Gasteiger partial charge in [0.05, 0.1) is 19.6 Å². The molecule has 1 aromatic heterocycles. The fourth-order valence-corrected chi connectivity index (χ4v) is 2.25. The van der Waals surface area contributed by atoms with Crippen molar-refractivity contribution < 1.29 is 14.3 Å². The van der Waals surface area contributed by atoms with Gasteiger partial charge in [-0.15, -0.1) is 11.3 Å². The van der Waals surface area contributed by atoms with E-state index in [0.29, 0.717) is 12.5 Å². The molecule has 0 fully saturated rings.